The fourth-order valence-electron chi connectivity index (χ4n) is 6.24. The number of aromatic nitrogens is 1. The van der Waals surface area contributed by atoms with Crippen LogP contribution in [0.15, 0.2) is 42.2 Å². The molecule has 4 heterocycles. The zero-order chi connectivity index (χ0) is 26.0. The highest BCUT2D eigenvalue weighted by molar-refractivity contribution is 5.83. The van der Waals surface area contributed by atoms with Crippen LogP contribution in [0.5, 0.6) is 11.5 Å². The molecule has 0 N–H and O–H groups in total. The Labute approximate surface area is 216 Å². The average Bonchev–Trinajstić information content (AvgIpc) is 3.33. The molecule has 0 aliphatic carbocycles. The second-order valence-electron chi connectivity index (χ2n) is 9.77. The third-order valence-electron chi connectivity index (χ3n) is 8.03. The van der Waals surface area contributed by atoms with E-state index in [2.05, 4.69) is 65.7 Å². The molecule has 3 aliphatic heterocycles. The van der Waals surface area contributed by atoms with Crippen molar-refractivity contribution in [3.8, 4) is 11.5 Å². The first kappa shape index (κ1) is 26.1. The number of hydrogen-bond acceptors (Lipinski definition) is 4. The number of aryl methyl sites for hydroxylation is 1. The number of likely N-dealkylation sites (N-methyl/N-ethyl adjacent to an activating group) is 1. The Bertz CT molecular complexity index is 1110. The zero-order valence-corrected chi connectivity index (χ0v) is 23.0. The number of hydrogen-bond donors (Lipinski definition) is 0. The number of allylic oxidation sites excluding steroid dienone is 1. The van der Waals surface area contributed by atoms with Gasteiger partial charge in [0.1, 0.15) is 11.5 Å². The van der Waals surface area contributed by atoms with E-state index in [0.717, 1.165) is 55.1 Å². The lowest BCUT2D eigenvalue weighted by molar-refractivity contribution is 0.0878. The molecule has 3 aliphatic rings. The second-order valence-corrected chi connectivity index (χ2v) is 9.77. The van der Waals surface area contributed by atoms with Crippen molar-refractivity contribution >= 4 is 6.03 Å². The third-order valence-corrected chi connectivity index (χ3v) is 8.03. The van der Waals surface area contributed by atoms with Crippen molar-refractivity contribution in [3.05, 3.63) is 59.1 Å². The molecule has 0 radical (unpaired) electrons. The van der Waals surface area contributed by atoms with Crippen LogP contribution in [0.25, 0.3) is 0 Å². The molecule has 1 aromatic heterocycles. The molecule has 7 heteroatoms. The number of fused-ring (bicyclic) bond motifs is 3. The molecule has 1 aromatic carbocycles. The largest absolute Gasteiger partial charge is 0.497 e. The van der Waals surface area contributed by atoms with Crippen LogP contribution in [-0.4, -0.2) is 64.7 Å². The lowest BCUT2D eigenvalue weighted by Gasteiger charge is -2.44. The van der Waals surface area contributed by atoms with Crippen molar-refractivity contribution in [2.45, 2.75) is 65.1 Å². The average molecular weight is 495 g/mol. The zero-order valence-electron chi connectivity index (χ0n) is 23.0. The predicted molar refractivity (Wildman–Crippen MR) is 143 cm³/mol. The Morgan fingerprint density at radius 2 is 1.83 bits per heavy atom. The minimum absolute atomic E-state index is 0.117. The summed E-state index contributed by atoms with van der Waals surface area (Å²) in [7, 11) is 5.48. The van der Waals surface area contributed by atoms with Crippen LogP contribution < -0.4 is 9.47 Å². The van der Waals surface area contributed by atoms with E-state index in [1.807, 2.05) is 24.8 Å². The number of ether oxygens (including phenoxy) is 2. The SMILES string of the molecule is CC.CCN1C(=O)N2Cc3cc(OC)cc(OC)c3[C@@H](C)C=C2C12CCN(Cc1cccn1C)CC2. The molecule has 2 saturated heterocycles. The molecule has 36 heavy (non-hydrogen) atoms. The van der Waals surface area contributed by atoms with Crippen LogP contribution in [0.2, 0.25) is 0 Å². The lowest BCUT2D eigenvalue weighted by atomic mass is 9.82. The van der Waals surface area contributed by atoms with Gasteiger partial charge in [-0.3, -0.25) is 9.80 Å². The van der Waals surface area contributed by atoms with Gasteiger partial charge in [-0.25, -0.2) is 4.79 Å². The molecule has 0 saturated carbocycles. The molecular weight excluding hydrogens is 452 g/mol. The maximum Gasteiger partial charge on any atom is 0.325 e. The standard InChI is InChI=1S/C27H36N4O3.C2H6/c1-6-31-26(32)30-17-20-15-22(33-4)16-23(34-5)25(20)19(2)14-24(30)27(31)9-12-29(13-10-27)18-21-8-7-11-28(21)3;1-2/h7-8,11,14-16,19H,6,9-10,12-13,17-18H2,1-5H3;1-2H3/t19-;/m0./s1. The van der Waals surface area contributed by atoms with Crippen molar-refractivity contribution in [2.24, 2.45) is 7.05 Å². The number of likely N-dealkylation sites (tertiary alicyclic amines) is 1. The van der Waals surface area contributed by atoms with Crippen LogP contribution in [0, 0.1) is 0 Å². The van der Waals surface area contributed by atoms with Gasteiger partial charge in [-0.05, 0) is 43.5 Å². The maximum atomic E-state index is 13.7. The topological polar surface area (TPSA) is 50.2 Å². The molecule has 5 rings (SSSR count). The predicted octanol–water partition coefficient (Wildman–Crippen LogP) is 5.36. The summed E-state index contributed by atoms with van der Waals surface area (Å²) in [6, 6.07) is 8.42. The van der Waals surface area contributed by atoms with Gasteiger partial charge >= 0.3 is 6.03 Å². The third kappa shape index (κ3) is 4.27. The summed E-state index contributed by atoms with van der Waals surface area (Å²) in [5.74, 6) is 1.72. The first-order valence-electron chi connectivity index (χ1n) is 13.3. The molecule has 2 amide bonds. The smallest absolute Gasteiger partial charge is 0.325 e. The summed E-state index contributed by atoms with van der Waals surface area (Å²) >= 11 is 0. The minimum atomic E-state index is -0.246. The molecule has 2 fully saturated rings. The Kier molecular flexibility index (Phi) is 7.69. The highest BCUT2D eigenvalue weighted by Gasteiger charge is 2.54. The fourth-order valence-corrected chi connectivity index (χ4v) is 6.24. The van der Waals surface area contributed by atoms with E-state index < -0.39 is 0 Å². The number of carbonyl (C=O) groups is 1. The van der Waals surface area contributed by atoms with Crippen molar-refractivity contribution in [2.75, 3.05) is 33.9 Å². The molecule has 1 spiro atoms. The quantitative estimate of drug-likeness (QED) is 0.561. The minimum Gasteiger partial charge on any atom is -0.497 e. The summed E-state index contributed by atoms with van der Waals surface area (Å²) in [5.41, 5.74) is 4.49. The number of amides is 2. The summed E-state index contributed by atoms with van der Waals surface area (Å²) in [5, 5.41) is 0. The lowest BCUT2D eigenvalue weighted by Crippen LogP contribution is -2.53. The molecular formula is C29H42N4O3. The van der Waals surface area contributed by atoms with E-state index >= 15 is 0 Å². The molecule has 196 valence electrons. The van der Waals surface area contributed by atoms with Gasteiger partial charge in [-0.15, -0.1) is 0 Å². The number of urea groups is 1. The van der Waals surface area contributed by atoms with E-state index in [1.165, 1.54) is 11.4 Å². The van der Waals surface area contributed by atoms with Gasteiger partial charge in [0.05, 0.1) is 26.3 Å². The number of nitrogens with zero attached hydrogens (tertiary/aromatic N) is 4. The van der Waals surface area contributed by atoms with Gasteiger partial charge in [-0.1, -0.05) is 26.8 Å². The summed E-state index contributed by atoms with van der Waals surface area (Å²) < 4.78 is 13.5. The van der Waals surface area contributed by atoms with Crippen molar-refractivity contribution in [3.63, 3.8) is 0 Å². The Morgan fingerprint density at radius 1 is 1.11 bits per heavy atom. The maximum absolute atomic E-state index is 13.7. The summed E-state index contributed by atoms with van der Waals surface area (Å²) in [6.45, 7) is 12.5. The normalized spacial score (nSPS) is 20.8. The Hall–Kier alpha value is -2.93. The summed E-state index contributed by atoms with van der Waals surface area (Å²) in [6.07, 6.45) is 6.32. The molecule has 7 nitrogen and oxygen atoms in total. The number of rotatable bonds is 5. The van der Waals surface area contributed by atoms with Crippen LogP contribution in [-0.2, 0) is 20.1 Å². The van der Waals surface area contributed by atoms with E-state index in [0.29, 0.717) is 13.1 Å². The van der Waals surface area contributed by atoms with E-state index in [9.17, 15) is 4.79 Å². The molecule has 0 unspecified atom stereocenters. The molecule has 1 atom stereocenters. The summed E-state index contributed by atoms with van der Waals surface area (Å²) in [4.78, 5) is 20.4. The number of methoxy groups -OCH3 is 2. The highest BCUT2D eigenvalue weighted by atomic mass is 16.5. The number of benzene rings is 1. The number of carbonyl (C=O) groups excluding carboxylic acids is 1. The van der Waals surface area contributed by atoms with E-state index in [-0.39, 0.29) is 17.5 Å². The Balaban J connectivity index is 0.00000148. The first-order chi connectivity index (χ1) is 17.4. The Morgan fingerprint density at radius 3 is 2.42 bits per heavy atom. The van der Waals surface area contributed by atoms with Crippen LogP contribution >= 0.6 is 0 Å². The van der Waals surface area contributed by atoms with Gasteiger partial charge in [0, 0.05) is 68.4 Å². The van der Waals surface area contributed by atoms with Gasteiger partial charge in [0.2, 0.25) is 0 Å². The fraction of sp³-hybridized carbons (Fsp3) is 0.552. The monoisotopic (exact) mass is 494 g/mol. The van der Waals surface area contributed by atoms with E-state index in [1.54, 1.807) is 14.2 Å². The van der Waals surface area contributed by atoms with Crippen LogP contribution in [0.3, 0.4) is 0 Å². The number of piperidine rings is 1. The first-order valence-corrected chi connectivity index (χ1v) is 13.3. The van der Waals surface area contributed by atoms with Crippen molar-refractivity contribution in [1.29, 1.82) is 0 Å². The second kappa shape index (κ2) is 10.6. The molecule has 2 aromatic rings. The van der Waals surface area contributed by atoms with Gasteiger partial charge < -0.3 is 18.9 Å². The van der Waals surface area contributed by atoms with Crippen molar-refractivity contribution < 1.29 is 14.3 Å². The van der Waals surface area contributed by atoms with Crippen LogP contribution in [0.4, 0.5) is 4.79 Å². The molecule has 0 bridgehead atoms. The van der Waals surface area contributed by atoms with Gasteiger partial charge in [-0.2, -0.15) is 0 Å². The van der Waals surface area contributed by atoms with Gasteiger partial charge in [0.15, 0.2) is 0 Å². The highest BCUT2D eigenvalue weighted by Crippen LogP contribution is 2.49. The van der Waals surface area contributed by atoms with Gasteiger partial charge in [0.25, 0.3) is 0 Å². The van der Waals surface area contributed by atoms with E-state index in [4.69, 9.17) is 9.47 Å². The van der Waals surface area contributed by atoms with Crippen molar-refractivity contribution in [1.82, 2.24) is 19.3 Å². The van der Waals surface area contributed by atoms with Crippen LogP contribution in [0.1, 0.15) is 63.3 Å².